The van der Waals surface area contributed by atoms with Crippen LogP contribution in [0.2, 0.25) is 0 Å². The van der Waals surface area contributed by atoms with Gasteiger partial charge in [0.25, 0.3) is 0 Å². The van der Waals surface area contributed by atoms with Gasteiger partial charge in [0.1, 0.15) is 15.9 Å². The van der Waals surface area contributed by atoms with Crippen molar-refractivity contribution in [1.29, 1.82) is 0 Å². The predicted octanol–water partition coefficient (Wildman–Crippen LogP) is 5.30. The molecule has 162 valence electrons. The molecule has 2 aromatic carbocycles. The average molecular weight is 993 g/mol. The molecule has 2 rings (SSSR count). The highest BCUT2D eigenvalue weighted by Crippen LogP contribution is 2.31. The smallest absolute Gasteiger partial charge is 0.311 e. The summed E-state index contributed by atoms with van der Waals surface area (Å²) in [4.78, 5) is 23.8. The summed E-state index contributed by atoms with van der Waals surface area (Å²) < 4.78 is 47.5. The Morgan fingerprint density at radius 1 is 0.800 bits per heavy atom. The van der Waals surface area contributed by atoms with Crippen LogP contribution in [0, 0.1) is 17.9 Å². The van der Waals surface area contributed by atoms with Gasteiger partial charge in [-0.3, -0.25) is 9.59 Å². The van der Waals surface area contributed by atoms with Gasteiger partial charge < -0.3 is 14.0 Å². The Morgan fingerprint density at radius 3 is 1.73 bits per heavy atom. The van der Waals surface area contributed by atoms with E-state index in [1.54, 1.807) is 45.2 Å². The van der Waals surface area contributed by atoms with E-state index in [-0.39, 0.29) is 37.0 Å². The van der Waals surface area contributed by atoms with Crippen LogP contribution in [-0.4, -0.2) is 24.9 Å². The number of hydrogen-bond donors (Lipinski definition) is 0. The highest BCUT2D eigenvalue weighted by atomic mass is 127. The molecule has 0 aromatic heterocycles. The molecule has 0 aliphatic carbocycles. The van der Waals surface area contributed by atoms with Crippen LogP contribution in [0.25, 0.3) is 0 Å². The van der Waals surface area contributed by atoms with Crippen LogP contribution in [0.1, 0.15) is 19.3 Å². The van der Waals surface area contributed by atoms with E-state index in [0.29, 0.717) is 5.75 Å². The summed E-state index contributed by atoms with van der Waals surface area (Å²) in [7, 11) is -4.63. The molecule has 0 spiro atoms. The third-order valence-corrected chi connectivity index (χ3v) is 8.99. The van der Waals surface area contributed by atoms with Crippen molar-refractivity contribution >= 4 is 135 Å². The number of carbonyl (C=O) groups excluding carboxylic acids is 2. The van der Waals surface area contributed by atoms with Gasteiger partial charge in [-0.05, 0) is 144 Å². The van der Waals surface area contributed by atoms with Crippen LogP contribution >= 0.6 is 113 Å². The summed E-state index contributed by atoms with van der Waals surface area (Å²) >= 11 is 9.78. The average Bonchev–Trinajstić information content (AvgIpc) is 2.56. The molecule has 0 N–H and O–H groups in total. The van der Waals surface area contributed by atoms with Crippen molar-refractivity contribution in [2.45, 2.75) is 24.2 Å². The van der Waals surface area contributed by atoms with Gasteiger partial charge in [-0.2, -0.15) is 0 Å². The van der Waals surface area contributed by atoms with Crippen LogP contribution in [0.4, 0.5) is 0 Å². The quantitative estimate of drug-likeness (QED) is 0.161. The fourth-order valence-corrected chi connectivity index (χ4v) is 9.91. The maximum absolute atomic E-state index is 12.1. The van der Waals surface area contributed by atoms with Crippen molar-refractivity contribution in [2.24, 2.45) is 0 Å². The first-order valence-corrected chi connectivity index (χ1v) is 14.7. The number of esters is 2. The molecule has 0 fully saturated rings. The lowest BCUT2D eigenvalue weighted by Gasteiger charge is -2.13. The molecular formula is C17H10I5O7S-. The number of carbonyl (C=O) groups is 2. The first-order chi connectivity index (χ1) is 13.9. The second-order valence-electron chi connectivity index (χ2n) is 5.67. The van der Waals surface area contributed by atoms with E-state index in [4.69, 9.17) is 9.47 Å². The molecule has 30 heavy (non-hydrogen) atoms. The lowest BCUT2D eigenvalue weighted by Crippen LogP contribution is -2.13. The largest absolute Gasteiger partial charge is 0.744 e. The Balaban J connectivity index is 1.91. The van der Waals surface area contributed by atoms with Crippen molar-refractivity contribution in [2.75, 3.05) is 0 Å². The van der Waals surface area contributed by atoms with Gasteiger partial charge in [-0.15, -0.1) is 0 Å². The van der Waals surface area contributed by atoms with E-state index >= 15 is 0 Å². The number of halogens is 5. The molecule has 2 aromatic rings. The van der Waals surface area contributed by atoms with Gasteiger partial charge in [0.05, 0.1) is 12.0 Å². The molecule has 0 aliphatic heterocycles. The molecule has 0 amide bonds. The highest BCUT2D eigenvalue weighted by Gasteiger charge is 2.17. The molecule has 0 saturated carbocycles. The maximum atomic E-state index is 12.1. The van der Waals surface area contributed by atoms with E-state index in [1.807, 2.05) is 12.1 Å². The Bertz CT molecular complexity index is 1060. The number of rotatable bonds is 7. The van der Waals surface area contributed by atoms with E-state index in [0.717, 1.165) is 10.7 Å². The fourth-order valence-electron chi connectivity index (χ4n) is 2.19. The number of hydrogen-bond acceptors (Lipinski definition) is 7. The molecule has 0 bridgehead atoms. The zero-order valence-electron chi connectivity index (χ0n) is 14.6. The van der Waals surface area contributed by atoms with Crippen LogP contribution in [0.3, 0.4) is 0 Å². The first-order valence-electron chi connectivity index (χ1n) is 7.89. The van der Waals surface area contributed by atoms with E-state index in [9.17, 15) is 22.6 Å². The molecule has 0 aliphatic rings. The zero-order valence-corrected chi connectivity index (χ0v) is 26.2. The van der Waals surface area contributed by atoms with Crippen LogP contribution in [0.5, 0.6) is 11.5 Å². The van der Waals surface area contributed by atoms with Crippen molar-refractivity contribution in [1.82, 2.24) is 0 Å². The van der Waals surface area contributed by atoms with Crippen molar-refractivity contribution in [3.8, 4) is 11.5 Å². The molecule has 7 nitrogen and oxygen atoms in total. The standard InChI is InChI=1S/C17H11I5O7S/c18-8-4-10(19)16(11(20)5-8)29-15(24)3-1-2-14(23)28-9-6-12(21)17(13(22)7-9)30(25,26)27/h4-7H,1-3H2,(H,25,26,27)/p-1. The molecule has 0 saturated heterocycles. The summed E-state index contributed by atoms with van der Waals surface area (Å²) in [5.74, 6) is -0.395. The third kappa shape index (κ3) is 8.06. The Kier molecular flexibility index (Phi) is 10.8. The minimum absolute atomic E-state index is 0.0231. The summed E-state index contributed by atoms with van der Waals surface area (Å²) in [6, 6.07) is 6.41. The van der Waals surface area contributed by atoms with Crippen molar-refractivity contribution < 1.29 is 32.0 Å². The summed E-state index contributed by atoms with van der Waals surface area (Å²) in [6.07, 6.45) is 0.247. The number of benzene rings is 2. The molecule has 0 heterocycles. The van der Waals surface area contributed by atoms with Gasteiger partial charge >= 0.3 is 11.9 Å². The summed E-state index contributed by atoms with van der Waals surface area (Å²) in [6.45, 7) is 0. The molecule has 0 unspecified atom stereocenters. The van der Waals surface area contributed by atoms with E-state index in [1.165, 1.54) is 12.1 Å². The molecule has 0 radical (unpaired) electrons. The van der Waals surface area contributed by atoms with Gasteiger partial charge in [0, 0.05) is 23.6 Å². The lowest BCUT2D eigenvalue weighted by molar-refractivity contribution is -0.136. The first kappa shape index (κ1) is 27.2. The zero-order chi connectivity index (χ0) is 22.6. The van der Waals surface area contributed by atoms with Gasteiger partial charge in [-0.25, -0.2) is 8.42 Å². The second kappa shape index (κ2) is 11.9. The Morgan fingerprint density at radius 2 is 1.27 bits per heavy atom. The summed E-state index contributed by atoms with van der Waals surface area (Å²) in [5.41, 5.74) is 0. The molecule has 0 atom stereocenters. The van der Waals surface area contributed by atoms with E-state index in [2.05, 4.69) is 67.8 Å². The topological polar surface area (TPSA) is 110 Å². The second-order valence-corrected chi connectivity index (χ2v) is 12.9. The fraction of sp³-hybridized carbons (Fsp3) is 0.176. The SMILES string of the molecule is O=C(CCCC(=O)Oc1c(I)cc(I)cc1I)Oc1cc(I)c(S(=O)(=O)[O-])c(I)c1. The Hall–Kier alpha value is 0.940. The van der Waals surface area contributed by atoms with Gasteiger partial charge in [0.15, 0.2) is 5.75 Å². The predicted molar refractivity (Wildman–Crippen MR) is 150 cm³/mol. The van der Waals surface area contributed by atoms with Gasteiger partial charge in [-0.1, -0.05) is 0 Å². The van der Waals surface area contributed by atoms with Crippen LogP contribution in [-0.2, 0) is 19.7 Å². The lowest BCUT2D eigenvalue weighted by atomic mass is 10.2. The Labute approximate surface area is 241 Å². The summed E-state index contributed by atoms with van der Waals surface area (Å²) in [5, 5.41) is 0. The minimum atomic E-state index is -4.63. The van der Waals surface area contributed by atoms with Crippen LogP contribution < -0.4 is 9.47 Å². The highest BCUT2D eigenvalue weighted by molar-refractivity contribution is 14.1. The monoisotopic (exact) mass is 993 g/mol. The third-order valence-electron chi connectivity index (χ3n) is 3.39. The number of ether oxygens (including phenoxy) is 2. The van der Waals surface area contributed by atoms with Crippen molar-refractivity contribution in [3.05, 3.63) is 42.1 Å². The van der Waals surface area contributed by atoms with Crippen molar-refractivity contribution in [3.63, 3.8) is 0 Å². The molecular weight excluding hydrogens is 983 g/mol. The maximum Gasteiger partial charge on any atom is 0.311 e. The normalized spacial score (nSPS) is 11.3. The van der Waals surface area contributed by atoms with Gasteiger partial charge in [0.2, 0.25) is 0 Å². The molecule has 13 heteroatoms. The minimum Gasteiger partial charge on any atom is -0.744 e. The van der Waals surface area contributed by atoms with Crippen LogP contribution in [0.15, 0.2) is 29.2 Å². The van der Waals surface area contributed by atoms with E-state index < -0.39 is 22.1 Å².